The van der Waals surface area contributed by atoms with Crippen LogP contribution in [0.1, 0.15) is 36.9 Å². The van der Waals surface area contributed by atoms with Gasteiger partial charge in [0.25, 0.3) is 0 Å². The van der Waals surface area contributed by atoms with Gasteiger partial charge in [-0.1, -0.05) is 36.8 Å². The van der Waals surface area contributed by atoms with E-state index in [-0.39, 0.29) is 6.61 Å². The molecule has 0 bridgehead atoms. The molecule has 1 fully saturated rings. The Hall–Kier alpha value is -0.860. The Labute approximate surface area is 104 Å². The molecular formula is C15H23NO. The van der Waals surface area contributed by atoms with Crippen LogP contribution in [0.4, 0.5) is 0 Å². The fourth-order valence-corrected chi connectivity index (χ4v) is 2.78. The molecule has 0 saturated carbocycles. The van der Waals surface area contributed by atoms with Gasteiger partial charge in [-0.2, -0.15) is 0 Å². The van der Waals surface area contributed by atoms with Gasteiger partial charge < -0.3 is 5.11 Å². The minimum Gasteiger partial charge on any atom is -0.396 e. The molecular weight excluding hydrogens is 210 g/mol. The number of hydrogen-bond donors (Lipinski definition) is 1. The van der Waals surface area contributed by atoms with Gasteiger partial charge in [0.05, 0.1) is 0 Å². The van der Waals surface area contributed by atoms with Crippen molar-refractivity contribution in [1.29, 1.82) is 0 Å². The van der Waals surface area contributed by atoms with Crippen LogP contribution in [0.25, 0.3) is 0 Å². The summed E-state index contributed by atoms with van der Waals surface area (Å²) >= 11 is 0. The standard InChI is InChI=1S/C15H23NO/c1-12-5-7-14(8-6-12)15(13(2)11-17)16-9-3-4-10-16/h5-8,13,15,17H,3-4,9-11H2,1-2H3. The maximum atomic E-state index is 9.45. The summed E-state index contributed by atoms with van der Waals surface area (Å²) in [6.07, 6.45) is 2.58. The highest BCUT2D eigenvalue weighted by molar-refractivity contribution is 5.25. The second kappa shape index (κ2) is 5.65. The Morgan fingerprint density at radius 1 is 1.18 bits per heavy atom. The summed E-state index contributed by atoms with van der Waals surface area (Å²) in [7, 11) is 0. The molecule has 2 nitrogen and oxygen atoms in total. The highest BCUT2D eigenvalue weighted by Crippen LogP contribution is 2.31. The summed E-state index contributed by atoms with van der Waals surface area (Å²) < 4.78 is 0. The summed E-state index contributed by atoms with van der Waals surface area (Å²) in [5, 5.41) is 9.45. The Kier molecular flexibility index (Phi) is 4.19. The van der Waals surface area contributed by atoms with Crippen molar-refractivity contribution in [3.8, 4) is 0 Å². The average Bonchev–Trinajstić information content (AvgIpc) is 2.85. The third kappa shape index (κ3) is 2.88. The summed E-state index contributed by atoms with van der Waals surface area (Å²) in [6, 6.07) is 9.14. The Bertz CT molecular complexity index is 340. The third-order valence-electron chi connectivity index (χ3n) is 3.78. The molecule has 0 aliphatic carbocycles. The predicted octanol–water partition coefficient (Wildman–Crippen LogP) is 2.76. The van der Waals surface area contributed by atoms with Crippen LogP contribution >= 0.6 is 0 Å². The normalized spacial score (nSPS) is 20.4. The first kappa shape index (κ1) is 12.6. The summed E-state index contributed by atoms with van der Waals surface area (Å²) in [5.74, 6) is 0.302. The average molecular weight is 233 g/mol. The van der Waals surface area contributed by atoms with E-state index in [0.29, 0.717) is 12.0 Å². The van der Waals surface area contributed by atoms with Crippen molar-refractivity contribution in [3.63, 3.8) is 0 Å². The fraction of sp³-hybridized carbons (Fsp3) is 0.600. The van der Waals surface area contributed by atoms with E-state index >= 15 is 0 Å². The number of rotatable bonds is 4. The van der Waals surface area contributed by atoms with Crippen molar-refractivity contribution in [2.45, 2.75) is 32.7 Å². The van der Waals surface area contributed by atoms with Crippen LogP contribution in [0.15, 0.2) is 24.3 Å². The molecule has 1 aromatic carbocycles. The maximum absolute atomic E-state index is 9.45. The molecule has 2 unspecified atom stereocenters. The first-order valence-electron chi connectivity index (χ1n) is 6.64. The van der Waals surface area contributed by atoms with Crippen molar-refractivity contribution in [1.82, 2.24) is 4.90 Å². The molecule has 2 heteroatoms. The molecule has 1 N–H and O–H groups in total. The van der Waals surface area contributed by atoms with Crippen molar-refractivity contribution in [3.05, 3.63) is 35.4 Å². The quantitative estimate of drug-likeness (QED) is 0.864. The van der Waals surface area contributed by atoms with Crippen LogP contribution in [0.5, 0.6) is 0 Å². The van der Waals surface area contributed by atoms with Gasteiger partial charge in [-0.05, 0) is 44.3 Å². The van der Waals surface area contributed by atoms with Crippen molar-refractivity contribution in [2.24, 2.45) is 5.92 Å². The van der Waals surface area contributed by atoms with Crippen molar-refractivity contribution >= 4 is 0 Å². The number of hydrogen-bond acceptors (Lipinski definition) is 2. The zero-order valence-electron chi connectivity index (χ0n) is 10.9. The Morgan fingerprint density at radius 3 is 2.29 bits per heavy atom. The highest BCUT2D eigenvalue weighted by Gasteiger charge is 2.27. The highest BCUT2D eigenvalue weighted by atomic mass is 16.3. The number of aliphatic hydroxyl groups excluding tert-OH is 1. The zero-order valence-corrected chi connectivity index (χ0v) is 10.9. The van der Waals surface area contributed by atoms with Gasteiger partial charge in [0.1, 0.15) is 0 Å². The molecule has 0 aromatic heterocycles. The molecule has 0 spiro atoms. The smallest absolute Gasteiger partial charge is 0.0474 e. The molecule has 2 rings (SSSR count). The minimum atomic E-state index is 0.259. The van der Waals surface area contributed by atoms with E-state index in [0.717, 1.165) is 0 Å². The van der Waals surface area contributed by atoms with Crippen molar-refractivity contribution in [2.75, 3.05) is 19.7 Å². The lowest BCUT2D eigenvalue weighted by Gasteiger charge is -2.32. The van der Waals surface area contributed by atoms with Gasteiger partial charge in [-0.3, -0.25) is 4.90 Å². The van der Waals surface area contributed by atoms with E-state index in [4.69, 9.17) is 0 Å². The second-order valence-corrected chi connectivity index (χ2v) is 5.26. The van der Waals surface area contributed by atoms with Gasteiger partial charge in [0.2, 0.25) is 0 Å². The molecule has 1 saturated heterocycles. The fourth-order valence-electron chi connectivity index (χ4n) is 2.78. The number of likely N-dealkylation sites (tertiary alicyclic amines) is 1. The Balaban J connectivity index is 2.22. The minimum absolute atomic E-state index is 0.259. The topological polar surface area (TPSA) is 23.5 Å². The molecule has 0 amide bonds. The number of aryl methyl sites for hydroxylation is 1. The van der Waals surface area contributed by atoms with Crippen LogP contribution in [-0.4, -0.2) is 29.7 Å². The van der Waals surface area contributed by atoms with Gasteiger partial charge in [-0.25, -0.2) is 0 Å². The van der Waals surface area contributed by atoms with E-state index < -0.39 is 0 Å². The van der Waals surface area contributed by atoms with Crippen LogP contribution in [-0.2, 0) is 0 Å². The molecule has 0 radical (unpaired) electrons. The monoisotopic (exact) mass is 233 g/mol. The number of aliphatic hydroxyl groups is 1. The maximum Gasteiger partial charge on any atom is 0.0474 e. The van der Waals surface area contributed by atoms with Crippen LogP contribution < -0.4 is 0 Å². The van der Waals surface area contributed by atoms with Crippen LogP contribution in [0, 0.1) is 12.8 Å². The zero-order chi connectivity index (χ0) is 12.3. The van der Waals surface area contributed by atoms with E-state index in [9.17, 15) is 5.11 Å². The molecule has 1 aliphatic heterocycles. The number of benzene rings is 1. The number of nitrogens with zero attached hydrogens (tertiary/aromatic N) is 1. The van der Waals surface area contributed by atoms with Crippen molar-refractivity contribution < 1.29 is 5.11 Å². The van der Waals surface area contributed by atoms with Gasteiger partial charge >= 0.3 is 0 Å². The lowest BCUT2D eigenvalue weighted by molar-refractivity contribution is 0.126. The molecule has 1 heterocycles. The van der Waals surface area contributed by atoms with Gasteiger partial charge in [-0.15, -0.1) is 0 Å². The molecule has 1 aromatic rings. The molecule has 94 valence electrons. The Morgan fingerprint density at radius 2 is 1.76 bits per heavy atom. The lowest BCUT2D eigenvalue weighted by atomic mass is 9.93. The SMILES string of the molecule is Cc1ccc(C(C(C)CO)N2CCCC2)cc1. The van der Waals surface area contributed by atoms with E-state index in [1.807, 2.05) is 0 Å². The summed E-state index contributed by atoms with van der Waals surface area (Å²) in [6.45, 7) is 6.85. The van der Waals surface area contributed by atoms with Crippen LogP contribution in [0.3, 0.4) is 0 Å². The summed E-state index contributed by atoms with van der Waals surface area (Å²) in [5.41, 5.74) is 2.64. The predicted molar refractivity (Wildman–Crippen MR) is 71.0 cm³/mol. The van der Waals surface area contributed by atoms with Gasteiger partial charge in [0, 0.05) is 12.6 Å². The molecule has 1 aliphatic rings. The molecule has 2 atom stereocenters. The molecule has 17 heavy (non-hydrogen) atoms. The van der Waals surface area contributed by atoms with E-state index in [1.54, 1.807) is 0 Å². The second-order valence-electron chi connectivity index (χ2n) is 5.26. The van der Waals surface area contributed by atoms with E-state index in [1.165, 1.54) is 37.1 Å². The van der Waals surface area contributed by atoms with Gasteiger partial charge in [0.15, 0.2) is 0 Å². The third-order valence-corrected chi connectivity index (χ3v) is 3.78. The lowest BCUT2D eigenvalue weighted by Crippen LogP contribution is -2.31. The summed E-state index contributed by atoms with van der Waals surface area (Å²) in [4.78, 5) is 2.52. The largest absolute Gasteiger partial charge is 0.396 e. The first-order chi connectivity index (χ1) is 8.22. The first-order valence-corrected chi connectivity index (χ1v) is 6.64. The van der Waals surface area contributed by atoms with Crippen LogP contribution in [0.2, 0.25) is 0 Å². The van der Waals surface area contributed by atoms with E-state index in [2.05, 4.69) is 43.0 Å².